The van der Waals surface area contributed by atoms with Crippen LogP contribution in [0.15, 0.2) is 93.9 Å². The van der Waals surface area contributed by atoms with Gasteiger partial charge in [-0.2, -0.15) is 13.2 Å². The van der Waals surface area contributed by atoms with Gasteiger partial charge in [0.05, 0.1) is 5.56 Å². The van der Waals surface area contributed by atoms with Crippen molar-refractivity contribution < 1.29 is 17.6 Å². The van der Waals surface area contributed by atoms with Gasteiger partial charge < -0.3 is 4.42 Å². The predicted octanol–water partition coefficient (Wildman–Crippen LogP) is 9.15. The Hall–Kier alpha value is -3.91. The number of nitrogens with zero attached hydrogens (tertiary/aromatic N) is 1. The molecule has 206 valence electrons. The van der Waals surface area contributed by atoms with E-state index in [1.807, 2.05) is 26.0 Å². The van der Waals surface area contributed by atoms with Crippen molar-refractivity contribution in [3.05, 3.63) is 106 Å². The quantitative estimate of drug-likeness (QED) is 0.0866. The van der Waals surface area contributed by atoms with E-state index in [0.717, 1.165) is 28.5 Å². The van der Waals surface area contributed by atoms with Crippen molar-refractivity contribution in [3.63, 3.8) is 0 Å². The number of alkyl halides is 4. The first-order chi connectivity index (χ1) is 19.3. The van der Waals surface area contributed by atoms with E-state index in [9.17, 15) is 22.8 Å². The summed E-state index contributed by atoms with van der Waals surface area (Å²) < 4.78 is 46.4. The summed E-state index contributed by atoms with van der Waals surface area (Å²) in [5, 5.41) is 4.37. The van der Waals surface area contributed by atoms with E-state index in [4.69, 9.17) is 4.42 Å². The first-order valence-corrected chi connectivity index (χ1v) is 13.9. The fourth-order valence-corrected chi connectivity index (χ4v) is 5.16. The summed E-state index contributed by atoms with van der Waals surface area (Å²) >= 11 is 3.35. The van der Waals surface area contributed by atoms with Gasteiger partial charge in [-0.3, -0.25) is 14.2 Å². The van der Waals surface area contributed by atoms with E-state index in [0.29, 0.717) is 56.6 Å². The highest BCUT2D eigenvalue weighted by molar-refractivity contribution is 9.09. The molecule has 4 nitrogen and oxygen atoms in total. The maximum Gasteiger partial charge on any atom is 0.416 e. The Morgan fingerprint density at radius 3 is 1.90 bits per heavy atom. The largest absolute Gasteiger partial charge is 0.456 e. The highest BCUT2D eigenvalue weighted by Gasteiger charge is 2.30. The molecule has 0 saturated carbocycles. The SMILES string of the molecule is C=C.CC.O=c1c2ccc3oc4ccc(-c5ccc(C(F)(F)F)cc5)cc4c4ccc(c(=O)n1CCCBr)c2c34. The Bertz CT molecular complexity index is 1890. The molecule has 0 radical (unpaired) electrons. The molecular weight excluding hydrogens is 583 g/mol. The molecule has 0 spiro atoms. The minimum absolute atomic E-state index is 0.323. The number of fused-ring (bicyclic) bond motifs is 2. The van der Waals surface area contributed by atoms with Crippen molar-refractivity contribution >= 4 is 59.4 Å². The van der Waals surface area contributed by atoms with E-state index in [-0.39, 0.29) is 11.1 Å². The molecule has 40 heavy (non-hydrogen) atoms. The molecule has 2 aromatic heterocycles. The summed E-state index contributed by atoms with van der Waals surface area (Å²) in [5.74, 6) is 0. The Kier molecular flexibility index (Phi) is 8.49. The zero-order chi connectivity index (χ0) is 29.2. The van der Waals surface area contributed by atoms with Gasteiger partial charge in [0.1, 0.15) is 11.2 Å². The van der Waals surface area contributed by atoms with Crippen LogP contribution < -0.4 is 11.1 Å². The van der Waals surface area contributed by atoms with Crippen molar-refractivity contribution in [2.75, 3.05) is 5.33 Å². The van der Waals surface area contributed by atoms with Gasteiger partial charge in [-0.25, -0.2) is 0 Å². The fraction of sp³-hybridized carbons (Fsp3) is 0.188. The number of aromatic nitrogens is 1. The molecule has 0 bridgehead atoms. The Labute approximate surface area is 236 Å². The summed E-state index contributed by atoms with van der Waals surface area (Å²) in [6, 6.07) is 17.5. The molecule has 0 saturated heterocycles. The van der Waals surface area contributed by atoms with Crippen LogP contribution in [0.25, 0.3) is 54.6 Å². The topological polar surface area (TPSA) is 52.2 Å². The molecular formula is C32H27BrF3NO3. The van der Waals surface area contributed by atoms with Crippen LogP contribution >= 0.6 is 15.9 Å². The van der Waals surface area contributed by atoms with Crippen LogP contribution in [0.2, 0.25) is 0 Å². The van der Waals surface area contributed by atoms with Crippen LogP contribution in [0.1, 0.15) is 25.8 Å². The van der Waals surface area contributed by atoms with Gasteiger partial charge in [-0.1, -0.05) is 54.0 Å². The normalized spacial score (nSPS) is 11.4. The lowest BCUT2D eigenvalue weighted by Gasteiger charge is -2.14. The van der Waals surface area contributed by atoms with Gasteiger partial charge in [0.2, 0.25) is 0 Å². The fourth-order valence-electron chi connectivity index (χ4n) is 4.91. The molecule has 0 fully saturated rings. The van der Waals surface area contributed by atoms with Crippen LogP contribution in [0.5, 0.6) is 0 Å². The molecule has 8 heteroatoms. The number of benzene rings is 4. The second-order valence-corrected chi connectivity index (χ2v) is 9.51. The van der Waals surface area contributed by atoms with Crippen LogP contribution in [-0.2, 0) is 12.7 Å². The van der Waals surface area contributed by atoms with Gasteiger partial charge in [0.25, 0.3) is 11.1 Å². The number of halogens is 4. The van der Waals surface area contributed by atoms with Crippen molar-refractivity contribution in [3.8, 4) is 11.1 Å². The molecule has 2 heterocycles. The summed E-state index contributed by atoms with van der Waals surface area (Å²) in [6.45, 7) is 10.3. The summed E-state index contributed by atoms with van der Waals surface area (Å²) in [6.07, 6.45) is -3.75. The number of rotatable bonds is 4. The van der Waals surface area contributed by atoms with Crippen LogP contribution in [-0.4, -0.2) is 9.90 Å². The Morgan fingerprint density at radius 1 is 0.750 bits per heavy atom. The molecule has 4 aromatic carbocycles. The highest BCUT2D eigenvalue weighted by Crippen LogP contribution is 2.38. The molecule has 0 aliphatic heterocycles. The molecule has 0 atom stereocenters. The maximum absolute atomic E-state index is 13.2. The van der Waals surface area contributed by atoms with Crippen LogP contribution in [0, 0.1) is 0 Å². The van der Waals surface area contributed by atoms with Gasteiger partial charge >= 0.3 is 6.18 Å². The minimum atomic E-state index is -4.40. The van der Waals surface area contributed by atoms with Crippen LogP contribution in [0.3, 0.4) is 0 Å². The third-order valence-electron chi connectivity index (χ3n) is 6.62. The highest BCUT2D eigenvalue weighted by atomic mass is 79.9. The second kappa shape index (κ2) is 11.7. The molecule has 0 N–H and O–H groups in total. The molecule has 0 aliphatic carbocycles. The first-order valence-electron chi connectivity index (χ1n) is 12.8. The molecule has 6 rings (SSSR count). The van der Waals surface area contributed by atoms with Crippen LogP contribution in [0.4, 0.5) is 13.2 Å². The third kappa shape index (κ3) is 4.92. The Morgan fingerprint density at radius 2 is 1.30 bits per heavy atom. The average Bonchev–Trinajstić information content (AvgIpc) is 2.98. The number of hydrogen-bond acceptors (Lipinski definition) is 3. The number of pyridine rings is 1. The van der Waals surface area contributed by atoms with Crippen molar-refractivity contribution in [1.82, 2.24) is 4.57 Å². The summed E-state index contributed by atoms with van der Waals surface area (Å²) in [7, 11) is 0. The van der Waals surface area contributed by atoms with Crippen molar-refractivity contribution in [2.24, 2.45) is 0 Å². The lowest BCUT2D eigenvalue weighted by atomic mass is 9.95. The van der Waals surface area contributed by atoms with E-state index in [2.05, 4.69) is 29.1 Å². The number of hydrogen-bond donors (Lipinski definition) is 0. The zero-order valence-electron chi connectivity index (χ0n) is 22.1. The molecule has 0 aliphatic rings. The second-order valence-electron chi connectivity index (χ2n) is 8.71. The monoisotopic (exact) mass is 609 g/mol. The Balaban J connectivity index is 0.000000886. The van der Waals surface area contributed by atoms with Gasteiger partial charge in [0, 0.05) is 38.8 Å². The smallest absolute Gasteiger partial charge is 0.416 e. The lowest BCUT2D eigenvalue weighted by Crippen LogP contribution is -2.33. The zero-order valence-corrected chi connectivity index (χ0v) is 23.7. The van der Waals surface area contributed by atoms with Gasteiger partial charge in [-0.15, -0.1) is 13.2 Å². The summed E-state index contributed by atoms with van der Waals surface area (Å²) in [4.78, 5) is 26.4. The standard InChI is InChI=1S/C28H17BrF3NO3.C2H6.C2H4/c29-12-1-13-33-26(34)19-8-7-18-21-14-16(15-2-5-17(6-3-15)28(30,31)32)4-10-22(21)36-23-11-9-20(27(33)35)24(19)25(18)23;2*1-2/h2-11,14H,1,12-13H2;1-2H3;1-2H2. The van der Waals surface area contributed by atoms with E-state index in [1.165, 1.54) is 16.7 Å². The molecule has 0 unspecified atom stereocenters. The van der Waals surface area contributed by atoms with E-state index in [1.54, 1.807) is 30.3 Å². The minimum Gasteiger partial charge on any atom is -0.456 e. The third-order valence-corrected chi connectivity index (χ3v) is 7.18. The van der Waals surface area contributed by atoms with Crippen molar-refractivity contribution in [2.45, 2.75) is 33.0 Å². The van der Waals surface area contributed by atoms with Gasteiger partial charge in [-0.05, 0) is 65.4 Å². The first kappa shape index (κ1) is 29.1. The lowest BCUT2D eigenvalue weighted by molar-refractivity contribution is -0.137. The van der Waals surface area contributed by atoms with E-state index < -0.39 is 11.7 Å². The average molecular weight is 610 g/mol. The van der Waals surface area contributed by atoms with E-state index >= 15 is 0 Å². The summed E-state index contributed by atoms with van der Waals surface area (Å²) in [5.41, 5.74) is 1.13. The maximum atomic E-state index is 13.2. The van der Waals surface area contributed by atoms with Crippen molar-refractivity contribution in [1.29, 1.82) is 0 Å². The van der Waals surface area contributed by atoms with Gasteiger partial charge in [0.15, 0.2) is 0 Å². The predicted molar refractivity (Wildman–Crippen MR) is 162 cm³/mol. The molecule has 0 amide bonds. The molecule has 6 aromatic rings.